The van der Waals surface area contributed by atoms with E-state index in [-0.39, 0.29) is 24.8 Å². The third kappa shape index (κ3) is 6.69. The lowest BCUT2D eigenvalue weighted by Crippen LogP contribution is -2.43. The molecule has 2 aliphatic rings. The van der Waals surface area contributed by atoms with E-state index in [0.717, 1.165) is 26.1 Å². The quantitative estimate of drug-likeness (QED) is 0.445. The van der Waals surface area contributed by atoms with Gasteiger partial charge in [-0.15, -0.1) is 24.8 Å². The molecule has 1 aromatic rings. The second-order valence-corrected chi connectivity index (χ2v) is 6.83. The Morgan fingerprint density at radius 1 is 0.960 bits per heavy atom. The Kier molecular flexibility index (Phi) is 10.2. The van der Waals surface area contributed by atoms with Crippen molar-refractivity contribution in [3.05, 3.63) is 35.4 Å². The monoisotopic (exact) mass is 386 g/mol. The van der Waals surface area contributed by atoms with Crippen molar-refractivity contribution in [2.45, 2.75) is 45.1 Å². The second kappa shape index (κ2) is 11.6. The van der Waals surface area contributed by atoms with Crippen molar-refractivity contribution in [1.29, 1.82) is 5.41 Å². The molecule has 2 N–H and O–H groups in total. The third-order valence-electron chi connectivity index (χ3n) is 5.09. The van der Waals surface area contributed by atoms with Crippen molar-refractivity contribution in [3.8, 4) is 0 Å². The summed E-state index contributed by atoms with van der Waals surface area (Å²) < 4.78 is 0. The zero-order valence-electron chi connectivity index (χ0n) is 15.0. The molecule has 1 fully saturated rings. The lowest BCUT2D eigenvalue weighted by molar-refractivity contribution is 0.328. The molecule has 1 aromatic carbocycles. The van der Waals surface area contributed by atoms with Crippen LogP contribution in [0.15, 0.2) is 24.3 Å². The Morgan fingerprint density at radius 2 is 1.68 bits per heavy atom. The SMILES string of the molecule is Cl.Cl.N=C(NCCCCCN1CCCC1)N1CCc2ccccc2C1. The van der Waals surface area contributed by atoms with Crippen LogP contribution in [0, 0.1) is 5.41 Å². The summed E-state index contributed by atoms with van der Waals surface area (Å²) >= 11 is 0. The van der Waals surface area contributed by atoms with E-state index in [1.807, 2.05) is 0 Å². The van der Waals surface area contributed by atoms with E-state index in [9.17, 15) is 0 Å². The molecule has 0 radical (unpaired) electrons. The summed E-state index contributed by atoms with van der Waals surface area (Å²) in [6.07, 6.45) is 7.55. The maximum Gasteiger partial charge on any atom is 0.191 e. The van der Waals surface area contributed by atoms with Gasteiger partial charge in [-0.2, -0.15) is 0 Å². The first-order valence-electron chi connectivity index (χ1n) is 9.19. The van der Waals surface area contributed by atoms with Crippen molar-refractivity contribution < 1.29 is 0 Å². The summed E-state index contributed by atoms with van der Waals surface area (Å²) in [5.74, 6) is 0.596. The van der Waals surface area contributed by atoms with Gasteiger partial charge in [0.25, 0.3) is 0 Å². The molecule has 2 heterocycles. The first-order chi connectivity index (χ1) is 11.3. The summed E-state index contributed by atoms with van der Waals surface area (Å²) in [5.41, 5.74) is 2.81. The topological polar surface area (TPSA) is 42.4 Å². The van der Waals surface area contributed by atoms with Gasteiger partial charge in [-0.1, -0.05) is 30.7 Å². The maximum atomic E-state index is 8.25. The van der Waals surface area contributed by atoms with Crippen LogP contribution in [0.3, 0.4) is 0 Å². The molecule has 0 saturated carbocycles. The molecule has 1 saturated heterocycles. The molecule has 0 spiro atoms. The van der Waals surface area contributed by atoms with Crippen LogP contribution in [0.2, 0.25) is 0 Å². The van der Waals surface area contributed by atoms with Crippen LogP contribution in [0.5, 0.6) is 0 Å². The molecular weight excluding hydrogens is 355 g/mol. The summed E-state index contributed by atoms with van der Waals surface area (Å²) in [4.78, 5) is 4.74. The summed E-state index contributed by atoms with van der Waals surface area (Å²) in [7, 11) is 0. The van der Waals surface area contributed by atoms with Gasteiger partial charge in [0.1, 0.15) is 0 Å². The van der Waals surface area contributed by atoms with Crippen LogP contribution < -0.4 is 5.32 Å². The fraction of sp³-hybridized carbons (Fsp3) is 0.632. The van der Waals surface area contributed by atoms with Crippen molar-refractivity contribution in [2.75, 3.05) is 32.7 Å². The number of fused-ring (bicyclic) bond motifs is 1. The number of unbranched alkanes of at least 4 members (excludes halogenated alkanes) is 2. The van der Waals surface area contributed by atoms with E-state index in [2.05, 4.69) is 39.4 Å². The van der Waals surface area contributed by atoms with Crippen molar-refractivity contribution in [1.82, 2.24) is 15.1 Å². The maximum absolute atomic E-state index is 8.25. The molecule has 2 aliphatic heterocycles. The largest absolute Gasteiger partial charge is 0.356 e. The van der Waals surface area contributed by atoms with Crippen LogP contribution in [0.1, 0.15) is 43.2 Å². The molecular formula is C19H32Cl2N4. The number of hydrogen-bond donors (Lipinski definition) is 2. The summed E-state index contributed by atoms with van der Waals surface area (Å²) in [5, 5.41) is 11.6. The van der Waals surface area contributed by atoms with Crippen LogP contribution in [-0.4, -0.2) is 48.5 Å². The lowest BCUT2D eigenvalue weighted by atomic mass is 10.0. The number of nitrogens with zero attached hydrogens (tertiary/aromatic N) is 2. The smallest absolute Gasteiger partial charge is 0.191 e. The average Bonchev–Trinajstić information content (AvgIpc) is 3.10. The first kappa shape index (κ1) is 22.1. The number of nitrogens with one attached hydrogen (secondary N) is 2. The van der Waals surface area contributed by atoms with Crippen molar-refractivity contribution in [2.24, 2.45) is 0 Å². The Bertz CT molecular complexity index is 518. The van der Waals surface area contributed by atoms with E-state index in [4.69, 9.17) is 5.41 Å². The number of rotatable bonds is 6. The number of likely N-dealkylation sites (tertiary alicyclic amines) is 1. The molecule has 0 aliphatic carbocycles. The molecule has 0 bridgehead atoms. The molecule has 4 nitrogen and oxygen atoms in total. The molecule has 0 atom stereocenters. The normalized spacial score (nSPS) is 16.6. The lowest BCUT2D eigenvalue weighted by Gasteiger charge is -2.31. The van der Waals surface area contributed by atoms with Crippen LogP contribution in [-0.2, 0) is 13.0 Å². The molecule has 25 heavy (non-hydrogen) atoms. The van der Waals surface area contributed by atoms with E-state index in [1.54, 1.807) is 0 Å². The van der Waals surface area contributed by atoms with Gasteiger partial charge in [0, 0.05) is 19.6 Å². The third-order valence-corrected chi connectivity index (χ3v) is 5.09. The standard InChI is InChI=1S/C19H30N4.2ClH/c20-19(21-11-4-1-5-12-22-13-6-7-14-22)23-15-10-17-8-2-3-9-18(17)16-23;;/h2-3,8-9H,1,4-7,10-16H2,(H2,20,21);2*1H. The molecule has 3 rings (SSSR count). The number of halogens is 2. The van der Waals surface area contributed by atoms with Gasteiger partial charge in [-0.3, -0.25) is 5.41 Å². The molecule has 0 aromatic heterocycles. The number of hydrogen-bond acceptors (Lipinski definition) is 2. The second-order valence-electron chi connectivity index (χ2n) is 6.83. The molecule has 6 heteroatoms. The Morgan fingerprint density at radius 3 is 2.44 bits per heavy atom. The number of guanidine groups is 1. The number of benzene rings is 1. The highest BCUT2D eigenvalue weighted by molar-refractivity contribution is 5.85. The highest BCUT2D eigenvalue weighted by Gasteiger charge is 2.17. The van der Waals surface area contributed by atoms with Gasteiger partial charge in [-0.25, -0.2) is 0 Å². The Balaban J connectivity index is 0.00000156. The molecule has 142 valence electrons. The van der Waals surface area contributed by atoms with Gasteiger partial charge in [0.2, 0.25) is 0 Å². The predicted octanol–water partition coefficient (Wildman–Crippen LogP) is 3.68. The average molecular weight is 387 g/mol. The van der Waals surface area contributed by atoms with Gasteiger partial charge >= 0.3 is 0 Å². The van der Waals surface area contributed by atoms with Gasteiger partial charge < -0.3 is 15.1 Å². The van der Waals surface area contributed by atoms with Crippen LogP contribution in [0.25, 0.3) is 0 Å². The minimum atomic E-state index is 0. The fourth-order valence-electron chi connectivity index (χ4n) is 3.65. The van der Waals surface area contributed by atoms with E-state index in [0.29, 0.717) is 5.96 Å². The first-order valence-corrected chi connectivity index (χ1v) is 9.19. The van der Waals surface area contributed by atoms with E-state index in [1.165, 1.54) is 62.9 Å². The Hall–Kier alpha value is -0.970. The van der Waals surface area contributed by atoms with E-state index >= 15 is 0 Å². The zero-order chi connectivity index (χ0) is 15.9. The van der Waals surface area contributed by atoms with Gasteiger partial charge in [0.15, 0.2) is 5.96 Å². The van der Waals surface area contributed by atoms with Crippen LogP contribution in [0.4, 0.5) is 0 Å². The highest BCUT2D eigenvalue weighted by Crippen LogP contribution is 2.18. The van der Waals surface area contributed by atoms with Gasteiger partial charge in [-0.05, 0) is 62.9 Å². The Labute approximate surface area is 164 Å². The fourth-order valence-corrected chi connectivity index (χ4v) is 3.65. The van der Waals surface area contributed by atoms with Crippen LogP contribution >= 0.6 is 24.8 Å². The molecule has 0 unspecified atom stereocenters. The molecule has 0 amide bonds. The van der Waals surface area contributed by atoms with Gasteiger partial charge in [0.05, 0.1) is 0 Å². The van der Waals surface area contributed by atoms with Crippen molar-refractivity contribution in [3.63, 3.8) is 0 Å². The zero-order valence-corrected chi connectivity index (χ0v) is 16.6. The minimum Gasteiger partial charge on any atom is -0.356 e. The summed E-state index contributed by atoms with van der Waals surface area (Å²) in [6, 6.07) is 8.61. The minimum absolute atomic E-state index is 0. The highest BCUT2D eigenvalue weighted by atomic mass is 35.5. The predicted molar refractivity (Wildman–Crippen MR) is 110 cm³/mol. The van der Waals surface area contributed by atoms with Crippen molar-refractivity contribution >= 4 is 30.8 Å². The summed E-state index contributed by atoms with van der Waals surface area (Å²) in [6.45, 7) is 6.63. The van der Waals surface area contributed by atoms with E-state index < -0.39 is 0 Å².